The summed E-state index contributed by atoms with van der Waals surface area (Å²) in [7, 11) is -3.85. The number of carbonyl (C=O) groups is 1. The van der Waals surface area contributed by atoms with Gasteiger partial charge in [-0.05, 0) is 44.2 Å². The summed E-state index contributed by atoms with van der Waals surface area (Å²) in [6, 6.07) is 7.52. The first-order chi connectivity index (χ1) is 13.7. The van der Waals surface area contributed by atoms with Crippen LogP contribution in [0.25, 0.3) is 0 Å². The molecule has 10 nitrogen and oxygen atoms in total. The molecule has 0 unspecified atom stereocenters. The molecular formula is C16H17N7O3S3. The fraction of sp³-hybridized carbons (Fsp3) is 0.188. The largest absolute Gasteiger partial charge is 0.374 e. The minimum atomic E-state index is -3.85. The van der Waals surface area contributed by atoms with Crippen LogP contribution in [-0.4, -0.2) is 40.2 Å². The van der Waals surface area contributed by atoms with Gasteiger partial charge in [0.25, 0.3) is 10.0 Å². The molecule has 0 bridgehead atoms. The summed E-state index contributed by atoms with van der Waals surface area (Å²) in [4.78, 5) is 20.2. The molecule has 0 fully saturated rings. The normalized spacial score (nSPS) is 11.2. The fourth-order valence-electron chi connectivity index (χ4n) is 2.27. The smallest absolute Gasteiger partial charge is 0.264 e. The summed E-state index contributed by atoms with van der Waals surface area (Å²) in [6.07, 6.45) is 0. The van der Waals surface area contributed by atoms with Gasteiger partial charge in [0, 0.05) is 17.1 Å². The van der Waals surface area contributed by atoms with Crippen molar-refractivity contribution in [3.05, 3.63) is 41.7 Å². The molecule has 0 radical (unpaired) electrons. The number of carbonyl (C=O) groups excluding carboxylic acids is 1. The molecule has 0 aliphatic carbocycles. The van der Waals surface area contributed by atoms with E-state index in [1.807, 2.05) is 0 Å². The molecule has 152 valence electrons. The highest BCUT2D eigenvalue weighted by Crippen LogP contribution is 2.23. The number of hydrogen-bond acceptors (Lipinski definition) is 10. The van der Waals surface area contributed by atoms with Crippen LogP contribution in [0.3, 0.4) is 0 Å². The van der Waals surface area contributed by atoms with Crippen molar-refractivity contribution in [1.29, 1.82) is 0 Å². The Morgan fingerprint density at radius 2 is 1.79 bits per heavy atom. The van der Waals surface area contributed by atoms with Crippen LogP contribution in [0.2, 0.25) is 0 Å². The predicted molar refractivity (Wildman–Crippen MR) is 112 cm³/mol. The number of nitrogen functional groups attached to an aromatic ring is 1. The van der Waals surface area contributed by atoms with E-state index in [-0.39, 0.29) is 22.5 Å². The second-order valence-electron chi connectivity index (χ2n) is 5.85. The number of aryl methyl sites for hydroxylation is 2. The van der Waals surface area contributed by atoms with Crippen molar-refractivity contribution >= 4 is 55.8 Å². The third-order valence-electron chi connectivity index (χ3n) is 3.41. The molecule has 0 aliphatic rings. The first kappa shape index (κ1) is 21.0. The van der Waals surface area contributed by atoms with E-state index < -0.39 is 10.0 Å². The SMILES string of the molecule is Cc1cc(C)nc(NS(=O)(=O)c2ccc(NC(=O)CSc3nnc(N)s3)cc2)n1. The number of nitrogens with zero attached hydrogens (tertiary/aromatic N) is 4. The molecule has 13 heteroatoms. The van der Waals surface area contributed by atoms with Gasteiger partial charge in [-0.3, -0.25) is 4.79 Å². The topological polar surface area (TPSA) is 153 Å². The van der Waals surface area contributed by atoms with Crippen LogP contribution in [0.15, 0.2) is 39.6 Å². The molecule has 0 saturated carbocycles. The Balaban J connectivity index is 1.61. The van der Waals surface area contributed by atoms with Gasteiger partial charge >= 0.3 is 0 Å². The highest BCUT2D eigenvalue weighted by atomic mass is 32.2. The molecule has 0 spiro atoms. The second-order valence-corrected chi connectivity index (χ2v) is 9.76. The van der Waals surface area contributed by atoms with Gasteiger partial charge in [0.2, 0.25) is 17.0 Å². The van der Waals surface area contributed by atoms with E-state index in [2.05, 4.69) is 30.2 Å². The van der Waals surface area contributed by atoms with Crippen molar-refractivity contribution in [2.75, 3.05) is 21.5 Å². The molecular weight excluding hydrogens is 434 g/mol. The van der Waals surface area contributed by atoms with Gasteiger partial charge < -0.3 is 11.1 Å². The van der Waals surface area contributed by atoms with Gasteiger partial charge in [0.05, 0.1) is 10.6 Å². The van der Waals surface area contributed by atoms with Crippen molar-refractivity contribution in [3.8, 4) is 0 Å². The number of aromatic nitrogens is 4. The van der Waals surface area contributed by atoms with Gasteiger partial charge in [-0.2, -0.15) is 0 Å². The zero-order valence-corrected chi connectivity index (χ0v) is 17.9. The number of sulfonamides is 1. The number of anilines is 3. The van der Waals surface area contributed by atoms with E-state index in [1.54, 1.807) is 19.9 Å². The lowest BCUT2D eigenvalue weighted by Crippen LogP contribution is -2.16. The Morgan fingerprint density at radius 1 is 1.14 bits per heavy atom. The standard InChI is InChI=1S/C16H17N7O3S3/c1-9-7-10(2)19-15(18-9)23-29(25,26)12-5-3-11(4-6-12)20-13(24)8-27-16-22-21-14(17)28-16/h3-7H,8H2,1-2H3,(H2,17,21)(H,20,24)(H,18,19,23). The number of thioether (sulfide) groups is 1. The van der Waals surface area contributed by atoms with E-state index in [1.165, 1.54) is 47.4 Å². The van der Waals surface area contributed by atoms with Crippen LogP contribution in [-0.2, 0) is 14.8 Å². The first-order valence-electron chi connectivity index (χ1n) is 8.18. The molecule has 1 aromatic carbocycles. The summed E-state index contributed by atoms with van der Waals surface area (Å²) >= 11 is 2.41. The zero-order valence-electron chi connectivity index (χ0n) is 15.4. The number of amides is 1. The lowest BCUT2D eigenvalue weighted by Gasteiger charge is -2.09. The molecule has 3 rings (SSSR count). The van der Waals surface area contributed by atoms with Crippen molar-refractivity contribution < 1.29 is 13.2 Å². The maximum atomic E-state index is 12.5. The lowest BCUT2D eigenvalue weighted by atomic mass is 10.3. The summed E-state index contributed by atoms with van der Waals surface area (Å²) in [6.45, 7) is 3.50. The van der Waals surface area contributed by atoms with E-state index in [0.29, 0.717) is 26.5 Å². The number of nitrogens with two attached hydrogens (primary N) is 1. The molecule has 3 aromatic rings. The predicted octanol–water partition coefficient (Wildman–Crippen LogP) is 2.06. The Bertz CT molecular complexity index is 1110. The second kappa shape index (κ2) is 8.71. The molecule has 29 heavy (non-hydrogen) atoms. The minimum absolute atomic E-state index is 0.00853. The highest BCUT2D eigenvalue weighted by Gasteiger charge is 2.16. The Labute approximate surface area is 175 Å². The quantitative estimate of drug-likeness (QED) is 0.458. The van der Waals surface area contributed by atoms with Crippen molar-refractivity contribution in [2.24, 2.45) is 0 Å². The molecule has 4 N–H and O–H groups in total. The number of nitrogens with one attached hydrogen (secondary N) is 2. The van der Waals surface area contributed by atoms with E-state index in [9.17, 15) is 13.2 Å². The number of benzene rings is 1. The Kier molecular flexibility index (Phi) is 6.30. The summed E-state index contributed by atoms with van der Waals surface area (Å²) in [5.41, 5.74) is 7.27. The van der Waals surface area contributed by atoms with E-state index in [0.717, 1.165) is 0 Å². The number of hydrogen-bond donors (Lipinski definition) is 3. The van der Waals surface area contributed by atoms with Crippen LogP contribution < -0.4 is 15.8 Å². The highest BCUT2D eigenvalue weighted by molar-refractivity contribution is 8.01. The molecule has 0 atom stereocenters. The van der Waals surface area contributed by atoms with Crippen molar-refractivity contribution in [1.82, 2.24) is 20.2 Å². The van der Waals surface area contributed by atoms with Crippen LogP contribution in [0.1, 0.15) is 11.4 Å². The average Bonchev–Trinajstić information content (AvgIpc) is 3.04. The third-order valence-corrected chi connectivity index (χ3v) is 6.63. The molecule has 2 aromatic heterocycles. The summed E-state index contributed by atoms with van der Waals surface area (Å²) < 4.78 is 28.0. The Hall–Kier alpha value is -2.77. The van der Waals surface area contributed by atoms with E-state index >= 15 is 0 Å². The molecule has 1 amide bonds. The van der Waals surface area contributed by atoms with Crippen LogP contribution in [0.4, 0.5) is 16.8 Å². The summed E-state index contributed by atoms with van der Waals surface area (Å²) in [5.74, 6) is -0.129. The maximum Gasteiger partial charge on any atom is 0.264 e. The molecule has 0 saturated heterocycles. The van der Waals surface area contributed by atoms with Gasteiger partial charge in [0.1, 0.15) is 0 Å². The van der Waals surface area contributed by atoms with Crippen LogP contribution in [0.5, 0.6) is 0 Å². The van der Waals surface area contributed by atoms with Crippen molar-refractivity contribution in [2.45, 2.75) is 23.1 Å². The Morgan fingerprint density at radius 3 is 2.38 bits per heavy atom. The monoisotopic (exact) mass is 451 g/mol. The summed E-state index contributed by atoms with van der Waals surface area (Å²) in [5, 5.41) is 10.5. The molecule has 0 aliphatic heterocycles. The lowest BCUT2D eigenvalue weighted by molar-refractivity contribution is -0.113. The fourth-order valence-corrected chi connectivity index (χ4v) is 4.65. The maximum absolute atomic E-state index is 12.5. The van der Waals surface area contributed by atoms with Crippen molar-refractivity contribution in [3.63, 3.8) is 0 Å². The van der Waals surface area contributed by atoms with Gasteiger partial charge in [-0.25, -0.2) is 23.1 Å². The number of rotatable bonds is 7. The van der Waals surface area contributed by atoms with Gasteiger partial charge in [0.15, 0.2) is 4.34 Å². The van der Waals surface area contributed by atoms with Crippen LogP contribution >= 0.6 is 23.1 Å². The van der Waals surface area contributed by atoms with E-state index in [4.69, 9.17) is 5.73 Å². The zero-order chi connectivity index (χ0) is 21.0. The first-order valence-corrected chi connectivity index (χ1v) is 11.5. The average molecular weight is 452 g/mol. The van der Waals surface area contributed by atoms with Crippen LogP contribution in [0, 0.1) is 13.8 Å². The minimum Gasteiger partial charge on any atom is -0.374 e. The van der Waals surface area contributed by atoms with Gasteiger partial charge in [-0.1, -0.05) is 23.1 Å². The molecule has 2 heterocycles. The third kappa shape index (κ3) is 5.85. The van der Waals surface area contributed by atoms with Gasteiger partial charge in [-0.15, -0.1) is 10.2 Å².